The van der Waals surface area contributed by atoms with E-state index in [-0.39, 0.29) is 18.0 Å². The van der Waals surface area contributed by atoms with Crippen molar-refractivity contribution >= 4 is 15.9 Å². The zero-order valence-electron chi connectivity index (χ0n) is 13.2. The molecule has 1 atom stereocenters. The maximum atomic E-state index is 12.8. The lowest BCUT2D eigenvalue weighted by Gasteiger charge is -2.26. The summed E-state index contributed by atoms with van der Waals surface area (Å²) in [5, 5.41) is 0. The molecule has 1 amide bonds. The third-order valence-corrected chi connectivity index (χ3v) is 5.30. The van der Waals surface area contributed by atoms with Gasteiger partial charge in [0.1, 0.15) is 11.8 Å². The fraction of sp³-hybridized carbons (Fsp3) is 0.500. The van der Waals surface area contributed by atoms with E-state index < -0.39 is 22.0 Å². The van der Waals surface area contributed by atoms with Crippen LogP contribution in [0, 0.1) is 6.92 Å². The van der Waals surface area contributed by atoms with E-state index in [0.29, 0.717) is 11.3 Å². The molecule has 1 aromatic rings. The average Bonchev–Trinajstić information content (AvgIpc) is 2.46. The maximum absolute atomic E-state index is 12.8. The lowest BCUT2D eigenvalue weighted by molar-refractivity contribution is -0.121. The number of nitrogens with zero attached hydrogens (tertiary/aromatic N) is 1. The summed E-state index contributed by atoms with van der Waals surface area (Å²) < 4.78 is 36.6. The summed E-state index contributed by atoms with van der Waals surface area (Å²) in [5.74, 6) is -0.129. The van der Waals surface area contributed by atoms with Gasteiger partial charge >= 0.3 is 0 Å². The predicted octanol–water partition coefficient (Wildman–Crippen LogP) is 0.515. The molecule has 0 heterocycles. The standard InChI is InChI=1S/C14H22N2O5S/c1-10-9-12(5-6-13(10)21-4)22(18,19)16(7-8-20-3)11(2)14(15)17/h5-6,9,11H,7-8H2,1-4H3,(H2,15,17). The van der Waals surface area contributed by atoms with Crippen molar-refractivity contribution in [2.45, 2.75) is 24.8 Å². The molecule has 124 valence electrons. The van der Waals surface area contributed by atoms with Gasteiger partial charge in [-0.05, 0) is 37.6 Å². The summed E-state index contributed by atoms with van der Waals surface area (Å²) in [6.45, 7) is 3.39. The van der Waals surface area contributed by atoms with Crippen LogP contribution in [0.3, 0.4) is 0 Å². The SMILES string of the molecule is COCCN(C(C)C(N)=O)S(=O)(=O)c1ccc(OC)c(C)c1. The molecule has 7 nitrogen and oxygen atoms in total. The maximum Gasteiger partial charge on any atom is 0.243 e. The third kappa shape index (κ3) is 3.96. The molecule has 0 aliphatic carbocycles. The molecule has 8 heteroatoms. The second kappa shape index (κ2) is 7.57. The minimum Gasteiger partial charge on any atom is -0.496 e. The summed E-state index contributed by atoms with van der Waals surface area (Å²) in [7, 11) is -0.902. The molecule has 1 rings (SSSR count). The molecule has 0 radical (unpaired) electrons. The van der Waals surface area contributed by atoms with Crippen LogP contribution >= 0.6 is 0 Å². The number of primary amides is 1. The van der Waals surface area contributed by atoms with E-state index in [2.05, 4.69) is 0 Å². The molecule has 22 heavy (non-hydrogen) atoms. The lowest BCUT2D eigenvalue weighted by atomic mass is 10.2. The van der Waals surface area contributed by atoms with Crippen molar-refractivity contribution in [3.63, 3.8) is 0 Å². The molecular weight excluding hydrogens is 308 g/mol. The average molecular weight is 330 g/mol. The Morgan fingerprint density at radius 1 is 1.36 bits per heavy atom. The first kappa shape index (κ1) is 18.4. The monoisotopic (exact) mass is 330 g/mol. The van der Waals surface area contributed by atoms with E-state index >= 15 is 0 Å². The third-order valence-electron chi connectivity index (χ3n) is 3.33. The number of benzene rings is 1. The smallest absolute Gasteiger partial charge is 0.243 e. The first-order chi connectivity index (χ1) is 10.3. The molecule has 0 saturated carbocycles. The number of amides is 1. The van der Waals surface area contributed by atoms with E-state index in [4.69, 9.17) is 15.2 Å². The number of sulfonamides is 1. The zero-order valence-corrected chi connectivity index (χ0v) is 14.0. The van der Waals surface area contributed by atoms with Gasteiger partial charge in [-0.2, -0.15) is 4.31 Å². The number of methoxy groups -OCH3 is 2. The highest BCUT2D eigenvalue weighted by molar-refractivity contribution is 7.89. The Bertz CT molecular complexity index is 630. The zero-order chi connectivity index (χ0) is 16.9. The summed E-state index contributed by atoms with van der Waals surface area (Å²) in [6.07, 6.45) is 0. The Balaban J connectivity index is 3.26. The topological polar surface area (TPSA) is 98.9 Å². The lowest BCUT2D eigenvalue weighted by Crippen LogP contribution is -2.47. The summed E-state index contributed by atoms with van der Waals surface area (Å²) in [5.41, 5.74) is 5.94. The van der Waals surface area contributed by atoms with Gasteiger partial charge in [-0.1, -0.05) is 0 Å². The predicted molar refractivity (Wildman–Crippen MR) is 82.2 cm³/mol. The second-order valence-corrected chi connectivity index (χ2v) is 6.71. The summed E-state index contributed by atoms with van der Waals surface area (Å²) in [4.78, 5) is 11.5. The van der Waals surface area contributed by atoms with E-state index in [0.717, 1.165) is 4.31 Å². The molecule has 0 bridgehead atoms. The van der Waals surface area contributed by atoms with Crippen molar-refractivity contribution < 1.29 is 22.7 Å². The van der Waals surface area contributed by atoms with Crippen LogP contribution in [0.15, 0.2) is 23.1 Å². The Morgan fingerprint density at radius 2 is 2.00 bits per heavy atom. The van der Waals surface area contributed by atoms with Gasteiger partial charge in [0.25, 0.3) is 0 Å². The van der Waals surface area contributed by atoms with E-state index in [1.54, 1.807) is 13.0 Å². The van der Waals surface area contributed by atoms with Crippen LogP contribution in [-0.4, -0.2) is 52.0 Å². The number of carbonyl (C=O) groups excluding carboxylic acids is 1. The van der Waals surface area contributed by atoms with Crippen LogP contribution in [0.25, 0.3) is 0 Å². The fourth-order valence-electron chi connectivity index (χ4n) is 1.99. The highest BCUT2D eigenvalue weighted by Gasteiger charge is 2.32. The van der Waals surface area contributed by atoms with Crippen LogP contribution in [0.4, 0.5) is 0 Å². The first-order valence-corrected chi connectivity index (χ1v) is 8.14. The highest BCUT2D eigenvalue weighted by atomic mass is 32.2. The normalized spacial score (nSPS) is 13.1. The molecule has 0 spiro atoms. The van der Waals surface area contributed by atoms with Gasteiger partial charge in [0.15, 0.2) is 0 Å². The largest absolute Gasteiger partial charge is 0.496 e. The van der Waals surface area contributed by atoms with Crippen molar-refractivity contribution in [2.24, 2.45) is 5.73 Å². The Kier molecular flexibility index (Phi) is 6.34. The fourth-order valence-corrected chi connectivity index (χ4v) is 3.66. The van der Waals surface area contributed by atoms with E-state index in [9.17, 15) is 13.2 Å². The van der Waals surface area contributed by atoms with Gasteiger partial charge in [0.2, 0.25) is 15.9 Å². The Morgan fingerprint density at radius 3 is 2.45 bits per heavy atom. The van der Waals surface area contributed by atoms with Crippen LogP contribution < -0.4 is 10.5 Å². The van der Waals surface area contributed by atoms with Gasteiger partial charge in [0, 0.05) is 13.7 Å². The molecule has 0 aliphatic heterocycles. The van der Waals surface area contributed by atoms with Gasteiger partial charge in [-0.3, -0.25) is 4.79 Å². The molecule has 1 aromatic carbocycles. The van der Waals surface area contributed by atoms with Crippen LogP contribution in [0.2, 0.25) is 0 Å². The van der Waals surface area contributed by atoms with E-state index in [1.807, 2.05) is 0 Å². The molecule has 0 aliphatic rings. The number of aryl methyl sites for hydroxylation is 1. The second-order valence-electron chi connectivity index (χ2n) is 4.82. The van der Waals surface area contributed by atoms with Gasteiger partial charge in [-0.15, -0.1) is 0 Å². The number of ether oxygens (including phenoxy) is 2. The van der Waals surface area contributed by atoms with Crippen molar-refractivity contribution in [3.05, 3.63) is 23.8 Å². The number of nitrogens with two attached hydrogens (primary N) is 1. The quantitative estimate of drug-likeness (QED) is 0.749. The highest BCUT2D eigenvalue weighted by Crippen LogP contribution is 2.24. The van der Waals surface area contributed by atoms with Crippen LogP contribution in [-0.2, 0) is 19.6 Å². The number of hydrogen-bond acceptors (Lipinski definition) is 5. The van der Waals surface area contributed by atoms with Crippen molar-refractivity contribution in [1.82, 2.24) is 4.31 Å². The number of rotatable bonds is 8. The molecule has 2 N–H and O–H groups in total. The van der Waals surface area contributed by atoms with Gasteiger partial charge < -0.3 is 15.2 Å². The molecule has 1 unspecified atom stereocenters. The van der Waals surface area contributed by atoms with Crippen molar-refractivity contribution in [1.29, 1.82) is 0 Å². The van der Waals surface area contributed by atoms with Crippen LogP contribution in [0.1, 0.15) is 12.5 Å². The minimum atomic E-state index is -3.87. The van der Waals surface area contributed by atoms with Gasteiger partial charge in [-0.25, -0.2) is 8.42 Å². The molecule has 0 fully saturated rings. The first-order valence-electron chi connectivity index (χ1n) is 6.70. The number of carbonyl (C=O) groups is 1. The summed E-state index contributed by atoms with van der Waals surface area (Å²) in [6, 6.07) is 3.55. The summed E-state index contributed by atoms with van der Waals surface area (Å²) >= 11 is 0. The molecule has 0 saturated heterocycles. The Labute approximate surface area is 131 Å². The number of hydrogen-bond donors (Lipinski definition) is 1. The minimum absolute atomic E-state index is 0.0357. The van der Waals surface area contributed by atoms with Crippen LogP contribution in [0.5, 0.6) is 5.75 Å². The molecule has 0 aromatic heterocycles. The van der Waals surface area contributed by atoms with Gasteiger partial charge in [0.05, 0.1) is 18.6 Å². The molecular formula is C14H22N2O5S. The van der Waals surface area contributed by atoms with E-state index in [1.165, 1.54) is 33.3 Å². The van der Waals surface area contributed by atoms with Crippen molar-refractivity contribution in [2.75, 3.05) is 27.4 Å². The Hall–Kier alpha value is -1.64. The van der Waals surface area contributed by atoms with Crippen molar-refractivity contribution in [3.8, 4) is 5.75 Å².